The first-order valence-electron chi connectivity index (χ1n) is 42.7. The van der Waals surface area contributed by atoms with Gasteiger partial charge in [-0.05, 0) is 70.5 Å². The Bertz CT molecular complexity index is 5200. The third-order valence-electron chi connectivity index (χ3n) is 23.0. The van der Waals surface area contributed by atoms with Crippen LogP contribution in [0.2, 0.25) is 0 Å². The normalized spacial score (nSPS) is 24.8. The fraction of sp³-hybridized carbons (Fsp3) is 0.449. The van der Waals surface area contributed by atoms with Crippen LogP contribution in [0.3, 0.4) is 0 Å². The van der Waals surface area contributed by atoms with E-state index >= 15 is 51.9 Å². The van der Waals surface area contributed by atoms with Crippen molar-refractivity contribution >= 4 is 123 Å². The number of rotatable bonds is 22. The SMILES string of the molecule is CCCC[C@H]1C(=O)N2C[C@H](O)C[C@@H]2C(=O)N[C@@H](CC(=O)O)C(=O)N[C@@H](C(C)C)C(=O)N(C)[C@@H](Cc2ccccc2)C(=O)N[C@@H](CC(=O)O)C(=O)N2C[C@H](O)C[C@H]2C(=O)N[C@@H](Cc2c[nH]c3ccccc23)C(=O)N[C@@H](Cc2ccc(O)cc2)C(=O)N[C@@H](CN)C(=O)N[C@H](C(=O)NCC(N)=O)CSCC(=O)N[C@@H](Cc2cc(F)c(F)c(F)c2)C(=O)N(C)[C@@H](Cc2ccccc2)C(=O)N1C. The predicted octanol–water partition coefficient (Wildman–Crippen LogP) is -1.81. The van der Waals surface area contributed by atoms with E-state index in [0.717, 1.165) is 38.6 Å². The lowest BCUT2D eigenvalue weighted by atomic mass is 9.98. The van der Waals surface area contributed by atoms with Crippen molar-refractivity contribution in [2.45, 2.75) is 189 Å². The van der Waals surface area contributed by atoms with Gasteiger partial charge in [-0.3, -0.25) is 81.5 Å². The molecule has 39 nitrogen and oxygen atoms in total. The van der Waals surface area contributed by atoms with Crippen LogP contribution < -0.4 is 59.3 Å². The smallest absolute Gasteiger partial charge is 0.305 e. The number of halogens is 3. The van der Waals surface area contributed by atoms with Crippen LogP contribution in [0, 0.1) is 23.4 Å². The number of amides is 15. The molecule has 710 valence electrons. The summed E-state index contributed by atoms with van der Waals surface area (Å²) in [5, 5.41) is 76.5. The number of carbonyl (C=O) groups excluding carboxylic acids is 15. The van der Waals surface area contributed by atoms with Crippen molar-refractivity contribution in [2.75, 3.05) is 58.8 Å². The number of carboxylic acid groups (broad SMARTS) is 2. The van der Waals surface area contributed by atoms with Gasteiger partial charge in [0.15, 0.2) is 17.5 Å². The highest BCUT2D eigenvalue weighted by Crippen LogP contribution is 2.29. The number of thioether (sulfide) groups is 1. The van der Waals surface area contributed by atoms with E-state index in [2.05, 4.69) is 52.8 Å². The zero-order valence-electron chi connectivity index (χ0n) is 73.2. The van der Waals surface area contributed by atoms with E-state index in [1.807, 2.05) is 0 Å². The maximum atomic E-state index is 15.6. The minimum absolute atomic E-state index is 0.158. The number of phenols is 1. The van der Waals surface area contributed by atoms with Crippen LogP contribution in [-0.2, 0) is 114 Å². The number of primary amides is 1. The van der Waals surface area contributed by atoms with Crippen LogP contribution >= 0.6 is 11.8 Å². The van der Waals surface area contributed by atoms with Crippen molar-refractivity contribution < 1.29 is 120 Å². The van der Waals surface area contributed by atoms with Crippen molar-refractivity contribution in [3.05, 3.63) is 173 Å². The van der Waals surface area contributed by atoms with E-state index < -0.39 is 303 Å². The number of aromatic nitrogens is 1. The summed E-state index contributed by atoms with van der Waals surface area (Å²) in [6.45, 7) is 1.83. The molecule has 0 spiro atoms. The molecule has 4 heterocycles. The highest BCUT2D eigenvalue weighted by atomic mass is 32.2. The molecule has 0 aliphatic carbocycles. The average Bonchev–Trinajstić information content (AvgIpc) is 1.38. The molecule has 0 saturated carbocycles. The molecule has 0 unspecified atom stereocenters. The number of H-pyrrole nitrogens is 1. The lowest BCUT2D eigenvalue weighted by Crippen LogP contribution is -2.62. The maximum absolute atomic E-state index is 15.6. The highest BCUT2D eigenvalue weighted by molar-refractivity contribution is 8.00. The lowest BCUT2D eigenvalue weighted by Gasteiger charge is -2.38. The van der Waals surface area contributed by atoms with Gasteiger partial charge in [0, 0.05) is 109 Å². The van der Waals surface area contributed by atoms with E-state index in [4.69, 9.17) is 11.5 Å². The summed E-state index contributed by atoms with van der Waals surface area (Å²) in [6.07, 6.45) is -6.95. The highest BCUT2D eigenvalue weighted by Gasteiger charge is 2.49. The molecule has 3 fully saturated rings. The molecule has 5 aromatic carbocycles. The Morgan fingerprint density at radius 1 is 0.515 bits per heavy atom. The number of nitrogens with two attached hydrogens (primary N) is 2. The van der Waals surface area contributed by atoms with Crippen LogP contribution in [0.25, 0.3) is 10.9 Å². The van der Waals surface area contributed by atoms with Gasteiger partial charge in [0.05, 0.1) is 37.3 Å². The van der Waals surface area contributed by atoms with Gasteiger partial charge in [0.25, 0.3) is 0 Å². The number of nitrogens with one attached hydrogen (secondary N) is 10. The summed E-state index contributed by atoms with van der Waals surface area (Å²) in [7, 11) is 3.48. The van der Waals surface area contributed by atoms with Crippen molar-refractivity contribution in [1.29, 1.82) is 0 Å². The van der Waals surface area contributed by atoms with E-state index in [1.54, 1.807) is 91.9 Å². The number of carboxylic acids is 2. The number of fused-ring (bicyclic) bond motifs is 3. The molecule has 9 rings (SSSR count). The Balaban J connectivity index is 1.13. The van der Waals surface area contributed by atoms with Gasteiger partial charge in [-0.1, -0.05) is 125 Å². The second kappa shape index (κ2) is 47.3. The molecule has 3 saturated heterocycles. The number of aromatic amines is 1. The molecular weight excluding hydrogens is 1750 g/mol. The average molecular weight is 1860 g/mol. The fourth-order valence-electron chi connectivity index (χ4n) is 15.8. The minimum Gasteiger partial charge on any atom is -0.508 e. The minimum atomic E-state index is -2.12. The second-order valence-corrected chi connectivity index (χ2v) is 34.1. The number of aromatic hydroxyl groups is 1. The Kier molecular flexibility index (Phi) is 36.6. The predicted molar refractivity (Wildman–Crippen MR) is 469 cm³/mol. The summed E-state index contributed by atoms with van der Waals surface area (Å²) in [4.78, 5) is 256. The summed E-state index contributed by atoms with van der Waals surface area (Å²) in [5.41, 5.74) is 13.2. The first-order valence-corrected chi connectivity index (χ1v) is 43.8. The lowest BCUT2D eigenvalue weighted by molar-refractivity contribution is -0.152. The van der Waals surface area contributed by atoms with Gasteiger partial charge in [-0.15, -0.1) is 11.8 Å². The van der Waals surface area contributed by atoms with Gasteiger partial charge in [-0.25, -0.2) is 13.2 Å². The molecule has 0 bridgehead atoms. The third kappa shape index (κ3) is 27.5. The van der Waals surface area contributed by atoms with Crippen molar-refractivity contribution in [1.82, 2.24) is 77.3 Å². The fourth-order valence-corrected chi connectivity index (χ4v) is 16.7. The van der Waals surface area contributed by atoms with E-state index in [9.17, 15) is 68.3 Å². The number of likely N-dealkylation sites (N-methyl/N-ethyl adjacent to an activating group) is 3. The number of benzene rings is 5. The second-order valence-electron chi connectivity index (χ2n) is 33.1. The number of nitrogens with zero attached hydrogens (tertiary/aromatic N) is 5. The number of aliphatic hydroxyl groups excluding tert-OH is 2. The molecule has 15 atom stereocenters. The van der Waals surface area contributed by atoms with E-state index in [-0.39, 0.29) is 37.0 Å². The van der Waals surface area contributed by atoms with Crippen LogP contribution in [0.5, 0.6) is 5.75 Å². The van der Waals surface area contributed by atoms with E-state index in [1.165, 1.54) is 51.4 Å². The number of unbranched alkanes of at least 4 members (excludes halogenated alkanes) is 1. The standard InChI is InChI=1S/C89H110F3N17O22S/c1-7-8-23-66-88(130)109-43-54(112)36-69(109)84(126)100-61(37-73(115)116)80(122)104-76(46(2)3)89(131)106(5)67(32-47-17-11-9-12-18-47)82(124)101-63(38-74(117)118)86(128)108-42-53(111)35-68(108)83(125)99-60(34-51-40-95-58-22-16-15-21-55(51)58)79(121)98-59(30-49-24-26-52(110)27-25-49)78(120)102-64(39-93)81(123)103-65(77(119)96-41-71(94)113)44-132-45-72(114)97-62(31-50-28-56(90)75(92)57(91)29-50)85(127)107(6)70(87(129)105(66)4)33-48-19-13-10-14-20-48/h9-22,24-29,40,46,53-54,59-70,76,95,110-112H,7-8,23,30-39,41-45,93H2,1-6H3,(H2,94,113)(H,96,119)(H,97,114)(H,98,121)(H,99,125)(H,100,126)(H,101,124)(H,102,120)(H,103,123)(H,104,122)(H,115,116)(H,117,118)/t53-,54-,59+,60+,61+,62+,63+,64+,65+,66+,67+,68+,69-,70+,76+/m1/s1. The van der Waals surface area contributed by atoms with Gasteiger partial charge in [0.2, 0.25) is 88.6 Å². The van der Waals surface area contributed by atoms with E-state index in [0.29, 0.717) is 57.9 Å². The van der Waals surface area contributed by atoms with Crippen LogP contribution in [0.4, 0.5) is 13.2 Å². The Morgan fingerprint density at radius 2 is 1.00 bits per heavy atom. The van der Waals surface area contributed by atoms with Gasteiger partial charge >= 0.3 is 11.9 Å². The van der Waals surface area contributed by atoms with Crippen LogP contribution in [0.15, 0.2) is 128 Å². The Labute approximate surface area is 760 Å². The zero-order valence-corrected chi connectivity index (χ0v) is 74.0. The topological polar surface area (TPSA) is 584 Å². The number of hydrogen-bond donors (Lipinski definition) is 17. The van der Waals surface area contributed by atoms with Crippen molar-refractivity contribution in [3.63, 3.8) is 0 Å². The molecule has 132 heavy (non-hydrogen) atoms. The Hall–Kier alpha value is -13.6. The quantitative estimate of drug-likeness (QED) is 0.0333. The first kappa shape index (κ1) is 102. The monoisotopic (exact) mass is 1860 g/mol. The van der Waals surface area contributed by atoms with Crippen LogP contribution in [-0.4, -0.2) is 305 Å². The molecule has 6 aromatic rings. The van der Waals surface area contributed by atoms with Crippen molar-refractivity contribution in [3.8, 4) is 5.75 Å². The van der Waals surface area contributed by atoms with Gasteiger partial charge < -0.3 is 114 Å². The number of phenolic OH excluding ortho intramolecular Hbond substituents is 1. The zero-order chi connectivity index (χ0) is 96.6. The summed E-state index contributed by atoms with van der Waals surface area (Å²) < 4.78 is 44.9. The molecular formula is C89H110F3N17O22S. The number of aliphatic carboxylic acids is 2. The molecule has 15 amide bonds. The number of para-hydroxylation sites is 1. The molecule has 19 N–H and O–H groups in total. The molecule has 0 radical (unpaired) electrons. The van der Waals surface area contributed by atoms with Gasteiger partial charge in [-0.2, -0.15) is 0 Å². The number of aliphatic hydroxyl groups is 2. The summed E-state index contributed by atoms with van der Waals surface area (Å²) >= 11 is 0.599. The molecule has 3 aliphatic rings. The largest absolute Gasteiger partial charge is 0.508 e. The number of carbonyl (C=O) groups is 17. The third-order valence-corrected chi connectivity index (χ3v) is 24.0. The van der Waals surface area contributed by atoms with Gasteiger partial charge in [0.1, 0.15) is 84.3 Å². The van der Waals surface area contributed by atoms with Crippen molar-refractivity contribution in [2.24, 2.45) is 17.4 Å². The molecule has 43 heteroatoms. The number of hydrogen-bond acceptors (Lipinski definition) is 22. The van der Waals surface area contributed by atoms with Crippen LogP contribution in [0.1, 0.15) is 93.5 Å². The molecule has 3 aliphatic heterocycles. The summed E-state index contributed by atoms with van der Waals surface area (Å²) in [5.74, 6) is -28.1. The molecule has 1 aromatic heterocycles. The first-order chi connectivity index (χ1) is 62.6. The maximum Gasteiger partial charge on any atom is 0.305 e. The Morgan fingerprint density at radius 3 is 1.57 bits per heavy atom. The summed E-state index contributed by atoms with van der Waals surface area (Å²) in [6, 6.07) is 5.59.